The van der Waals surface area contributed by atoms with E-state index in [4.69, 9.17) is 0 Å². The molecule has 0 fully saturated rings. The predicted octanol–water partition coefficient (Wildman–Crippen LogP) is 5.11. The summed E-state index contributed by atoms with van der Waals surface area (Å²) in [6.07, 6.45) is 0. The molecular formula is C12H7BrINO2S. The van der Waals surface area contributed by atoms with Crippen LogP contribution in [-0.2, 0) is 0 Å². The molecule has 0 heterocycles. The highest BCUT2D eigenvalue weighted by atomic mass is 127. The van der Waals surface area contributed by atoms with Crippen LogP contribution in [0.25, 0.3) is 0 Å². The Balaban J connectivity index is 2.18. The first-order valence-corrected chi connectivity index (χ1v) is 7.62. The summed E-state index contributed by atoms with van der Waals surface area (Å²) in [6.45, 7) is 0. The molecule has 2 aromatic rings. The average Bonchev–Trinajstić information content (AvgIpc) is 2.34. The van der Waals surface area contributed by atoms with Crippen LogP contribution in [-0.4, -0.2) is 4.92 Å². The Morgan fingerprint density at radius 2 is 1.72 bits per heavy atom. The van der Waals surface area contributed by atoms with Crippen LogP contribution >= 0.6 is 50.3 Å². The summed E-state index contributed by atoms with van der Waals surface area (Å²) in [5.41, 5.74) is 0.115. The van der Waals surface area contributed by atoms with Gasteiger partial charge in [-0.05, 0) is 68.9 Å². The second kappa shape index (κ2) is 6.03. The fourth-order valence-electron chi connectivity index (χ4n) is 1.31. The lowest BCUT2D eigenvalue weighted by Gasteiger charge is -2.03. The van der Waals surface area contributed by atoms with Gasteiger partial charge in [0.1, 0.15) is 0 Å². The molecule has 0 aliphatic carbocycles. The highest BCUT2D eigenvalue weighted by Gasteiger charge is 2.05. The van der Waals surface area contributed by atoms with Crippen LogP contribution < -0.4 is 0 Å². The lowest BCUT2D eigenvalue weighted by molar-refractivity contribution is -0.384. The Morgan fingerprint density at radius 1 is 1.11 bits per heavy atom. The Kier molecular flexibility index (Phi) is 4.63. The minimum Gasteiger partial charge on any atom is -0.258 e. The molecule has 0 aliphatic rings. The minimum absolute atomic E-state index is 0.115. The third-order valence-electron chi connectivity index (χ3n) is 2.17. The largest absolute Gasteiger partial charge is 0.269 e. The van der Waals surface area contributed by atoms with Crippen molar-refractivity contribution in [1.82, 2.24) is 0 Å². The smallest absolute Gasteiger partial charge is 0.258 e. The van der Waals surface area contributed by atoms with Crippen molar-refractivity contribution in [3.8, 4) is 0 Å². The number of benzene rings is 2. The number of nitro groups is 1. The molecule has 2 rings (SSSR count). The van der Waals surface area contributed by atoms with Gasteiger partial charge in [0.15, 0.2) is 0 Å². The predicted molar refractivity (Wildman–Crippen MR) is 84.1 cm³/mol. The lowest BCUT2D eigenvalue weighted by Crippen LogP contribution is -1.86. The normalized spacial score (nSPS) is 10.3. The van der Waals surface area contributed by atoms with Gasteiger partial charge < -0.3 is 0 Å². The van der Waals surface area contributed by atoms with Crippen LogP contribution in [0.2, 0.25) is 0 Å². The first kappa shape index (κ1) is 13.8. The van der Waals surface area contributed by atoms with Gasteiger partial charge in [-0.15, -0.1) is 0 Å². The van der Waals surface area contributed by atoms with E-state index in [1.165, 1.54) is 12.1 Å². The number of halogens is 2. The molecule has 0 atom stereocenters. The van der Waals surface area contributed by atoms with Gasteiger partial charge in [0.2, 0.25) is 0 Å². The summed E-state index contributed by atoms with van der Waals surface area (Å²) in [6, 6.07) is 12.6. The van der Waals surface area contributed by atoms with Crippen LogP contribution in [0.5, 0.6) is 0 Å². The van der Waals surface area contributed by atoms with Gasteiger partial charge in [-0.3, -0.25) is 10.1 Å². The van der Waals surface area contributed by atoms with Crippen molar-refractivity contribution in [3.63, 3.8) is 0 Å². The van der Waals surface area contributed by atoms with Crippen LogP contribution in [0, 0.1) is 13.7 Å². The zero-order valence-electron chi connectivity index (χ0n) is 8.97. The van der Waals surface area contributed by atoms with Gasteiger partial charge in [-0.2, -0.15) is 0 Å². The average molecular weight is 436 g/mol. The number of rotatable bonds is 3. The number of nitro benzene ring substituents is 1. The molecule has 0 N–H and O–H groups in total. The maximum Gasteiger partial charge on any atom is 0.269 e. The number of non-ortho nitro benzene ring substituents is 1. The molecule has 0 aromatic heterocycles. The molecule has 3 nitrogen and oxygen atoms in total. The highest BCUT2D eigenvalue weighted by Crippen LogP contribution is 2.31. The number of hydrogen-bond donors (Lipinski definition) is 0. The van der Waals surface area contributed by atoms with E-state index < -0.39 is 4.92 Å². The van der Waals surface area contributed by atoms with Crippen LogP contribution in [0.4, 0.5) is 5.69 Å². The zero-order valence-corrected chi connectivity index (χ0v) is 13.5. The number of nitrogens with zero attached hydrogens (tertiary/aromatic N) is 1. The van der Waals surface area contributed by atoms with E-state index in [1.807, 2.05) is 12.1 Å². The fourth-order valence-corrected chi connectivity index (χ4v) is 3.14. The Labute approximate surface area is 130 Å². The van der Waals surface area contributed by atoms with Gasteiger partial charge in [-0.1, -0.05) is 11.8 Å². The molecule has 0 saturated carbocycles. The lowest BCUT2D eigenvalue weighted by atomic mass is 10.3. The molecule has 0 saturated heterocycles. The first-order valence-electron chi connectivity index (χ1n) is 4.93. The highest BCUT2D eigenvalue weighted by molar-refractivity contribution is 14.1. The van der Waals surface area contributed by atoms with Gasteiger partial charge >= 0.3 is 0 Å². The summed E-state index contributed by atoms with van der Waals surface area (Å²) in [5, 5.41) is 10.5. The Morgan fingerprint density at radius 3 is 2.28 bits per heavy atom. The van der Waals surface area contributed by atoms with Crippen LogP contribution in [0.15, 0.2) is 56.7 Å². The van der Waals surface area contributed by atoms with Crippen molar-refractivity contribution in [3.05, 3.63) is 60.6 Å². The molecule has 0 bridgehead atoms. The molecule has 18 heavy (non-hydrogen) atoms. The van der Waals surface area contributed by atoms with Crippen molar-refractivity contribution < 1.29 is 4.92 Å². The summed E-state index contributed by atoms with van der Waals surface area (Å²) < 4.78 is 2.20. The maximum absolute atomic E-state index is 10.5. The van der Waals surface area contributed by atoms with E-state index in [0.29, 0.717) is 0 Å². The molecule has 0 amide bonds. The van der Waals surface area contributed by atoms with E-state index in [9.17, 15) is 10.1 Å². The topological polar surface area (TPSA) is 43.1 Å². The molecule has 0 aliphatic heterocycles. The monoisotopic (exact) mass is 435 g/mol. The molecule has 2 aromatic carbocycles. The Hall–Kier alpha value is -0.600. The molecule has 0 spiro atoms. The molecule has 0 radical (unpaired) electrons. The van der Waals surface area contributed by atoms with Crippen molar-refractivity contribution in [1.29, 1.82) is 0 Å². The van der Waals surface area contributed by atoms with Crippen molar-refractivity contribution >= 4 is 56.0 Å². The van der Waals surface area contributed by atoms with Gasteiger partial charge in [0.25, 0.3) is 5.69 Å². The van der Waals surface area contributed by atoms with E-state index in [2.05, 4.69) is 44.6 Å². The van der Waals surface area contributed by atoms with Gasteiger partial charge in [0, 0.05) is 30.0 Å². The molecule has 0 unspecified atom stereocenters. The van der Waals surface area contributed by atoms with Crippen LogP contribution in [0.1, 0.15) is 0 Å². The zero-order chi connectivity index (χ0) is 13.1. The van der Waals surface area contributed by atoms with E-state index in [-0.39, 0.29) is 5.69 Å². The summed E-state index contributed by atoms with van der Waals surface area (Å²) in [7, 11) is 0. The summed E-state index contributed by atoms with van der Waals surface area (Å²) >= 11 is 7.29. The standard InChI is InChI=1S/C12H7BrINO2S/c13-11-6-5-10(7-12(11)14)18-9-3-1-8(2-4-9)15(16)17/h1-7H. The van der Waals surface area contributed by atoms with E-state index in [1.54, 1.807) is 23.9 Å². The Bertz CT molecular complexity index is 589. The quantitative estimate of drug-likeness (QED) is 0.382. The van der Waals surface area contributed by atoms with E-state index in [0.717, 1.165) is 17.8 Å². The SMILES string of the molecule is O=[N+]([O-])c1ccc(Sc2ccc(Br)c(I)c2)cc1. The van der Waals surface area contributed by atoms with Crippen molar-refractivity contribution in [2.75, 3.05) is 0 Å². The van der Waals surface area contributed by atoms with Crippen LogP contribution in [0.3, 0.4) is 0 Å². The summed E-state index contributed by atoms with van der Waals surface area (Å²) in [5.74, 6) is 0. The molecule has 6 heteroatoms. The third kappa shape index (κ3) is 3.46. The van der Waals surface area contributed by atoms with E-state index >= 15 is 0 Å². The van der Waals surface area contributed by atoms with Crippen molar-refractivity contribution in [2.24, 2.45) is 0 Å². The maximum atomic E-state index is 10.5. The number of hydrogen-bond acceptors (Lipinski definition) is 3. The summed E-state index contributed by atoms with van der Waals surface area (Å²) in [4.78, 5) is 12.2. The first-order chi connectivity index (χ1) is 8.56. The third-order valence-corrected chi connectivity index (χ3v) is 5.50. The second-order valence-corrected chi connectivity index (χ2v) is 6.59. The van der Waals surface area contributed by atoms with Crippen molar-refractivity contribution in [2.45, 2.75) is 9.79 Å². The second-order valence-electron chi connectivity index (χ2n) is 3.43. The molecular weight excluding hydrogens is 429 g/mol. The van der Waals surface area contributed by atoms with Gasteiger partial charge in [0.05, 0.1) is 4.92 Å². The van der Waals surface area contributed by atoms with Gasteiger partial charge in [-0.25, -0.2) is 0 Å². The molecule has 92 valence electrons. The minimum atomic E-state index is -0.392. The fraction of sp³-hybridized carbons (Fsp3) is 0.